The minimum absolute atomic E-state index is 0. The summed E-state index contributed by atoms with van der Waals surface area (Å²) in [4.78, 5) is 33.2. The molecule has 0 saturated carbocycles. The summed E-state index contributed by atoms with van der Waals surface area (Å²) < 4.78 is 11.1. The Balaban J connectivity index is 0.00000180. The standard InChI is InChI=1S/C11H10NO4PS.Na.H/c13-11-10(17(14,15)16)6-9(7-12-11)18-8-4-2-1-3-5-8;;/h1-7H,(H,12,13)(H2,14,15,16);;. The number of nitrogens with one attached hydrogen (secondary N) is 1. The van der Waals surface area contributed by atoms with Crippen molar-refractivity contribution in [2.24, 2.45) is 0 Å². The van der Waals surface area contributed by atoms with E-state index < -0.39 is 18.5 Å². The van der Waals surface area contributed by atoms with Crippen molar-refractivity contribution in [2.45, 2.75) is 9.79 Å². The summed E-state index contributed by atoms with van der Waals surface area (Å²) >= 11 is 1.31. The molecule has 0 atom stereocenters. The quantitative estimate of drug-likeness (QED) is 0.573. The second-order valence-electron chi connectivity index (χ2n) is 3.51. The minimum atomic E-state index is -4.54. The summed E-state index contributed by atoms with van der Waals surface area (Å²) in [6.07, 6.45) is 1.43. The summed E-state index contributed by atoms with van der Waals surface area (Å²) in [5, 5.41) is -0.511. The van der Waals surface area contributed by atoms with E-state index >= 15 is 0 Å². The summed E-state index contributed by atoms with van der Waals surface area (Å²) in [5.41, 5.74) is -0.763. The van der Waals surface area contributed by atoms with Crippen LogP contribution in [0.5, 0.6) is 0 Å². The van der Waals surface area contributed by atoms with Crippen LogP contribution in [0.3, 0.4) is 0 Å². The van der Waals surface area contributed by atoms with Gasteiger partial charge in [0, 0.05) is 16.0 Å². The Kier molecular flexibility index (Phi) is 6.08. The van der Waals surface area contributed by atoms with Gasteiger partial charge in [-0.15, -0.1) is 0 Å². The number of H-pyrrole nitrogens is 1. The molecular formula is C11H11NNaO4PS. The first kappa shape index (κ1) is 16.7. The van der Waals surface area contributed by atoms with Crippen LogP contribution in [0.15, 0.2) is 57.2 Å². The SMILES string of the molecule is O=c1[nH]cc(Sc2ccccc2)cc1P(=O)(O)O.[NaH]. The molecule has 0 aliphatic rings. The van der Waals surface area contributed by atoms with E-state index in [1.54, 1.807) is 0 Å². The van der Waals surface area contributed by atoms with Crippen molar-refractivity contribution in [2.75, 3.05) is 0 Å². The molecule has 3 N–H and O–H groups in total. The van der Waals surface area contributed by atoms with E-state index in [1.807, 2.05) is 30.3 Å². The van der Waals surface area contributed by atoms with Gasteiger partial charge < -0.3 is 14.8 Å². The fraction of sp³-hybridized carbons (Fsp3) is 0. The van der Waals surface area contributed by atoms with Crippen LogP contribution < -0.4 is 10.9 Å². The van der Waals surface area contributed by atoms with Crippen LogP contribution in [0, 0.1) is 0 Å². The zero-order valence-corrected chi connectivity index (χ0v) is 10.8. The zero-order valence-electron chi connectivity index (χ0n) is 9.11. The molecule has 0 unspecified atom stereocenters. The predicted octanol–water partition coefficient (Wildman–Crippen LogP) is 0.681. The van der Waals surface area contributed by atoms with Gasteiger partial charge in [0.2, 0.25) is 0 Å². The van der Waals surface area contributed by atoms with Gasteiger partial charge in [0.1, 0.15) is 5.30 Å². The number of aromatic nitrogens is 1. The van der Waals surface area contributed by atoms with Crippen LogP contribution in [0.1, 0.15) is 0 Å². The summed E-state index contributed by atoms with van der Waals surface area (Å²) in [7, 11) is -4.54. The molecule has 1 aromatic heterocycles. The van der Waals surface area contributed by atoms with E-state index in [1.165, 1.54) is 24.0 Å². The van der Waals surface area contributed by atoms with E-state index in [0.717, 1.165) is 4.90 Å². The molecule has 0 aliphatic carbocycles. The molecule has 5 nitrogen and oxygen atoms in total. The number of aromatic amines is 1. The molecule has 1 aromatic carbocycles. The van der Waals surface area contributed by atoms with Gasteiger partial charge in [-0.3, -0.25) is 9.36 Å². The second kappa shape index (κ2) is 6.90. The maximum atomic E-state index is 11.3. The molecule has 0 fully saturated rings. The Labute approximate surface area is 135 Å². The molecule has 0 spiro atoms. The molecule has 8 heteroatoms. The Morgan fingerprint density at radius 3 is 2.32 bits per heavy atom. The number of hydrogen-bond acceptors (Lipinski definition) is 3. The molecular weight excluding hydrogens is 296 g/mol. The second-order valence-corrected chi connectivity index (χ2v) is 6.23. The predicted molar refractivity (Wildman–Crippen MR) is 76.5 cm³/mol. The van der Waals surface area contributed by atoms with Crippen LogP contribution in [0.25, 0.3) is 0 Å². The van der Waals surface area contributed by atoms with E-state index in [-0.39, 0.29) is 29.6 Å². The number of benzene rings is 1. The van der Waals surface area contributed by atoms with E-state index in [4.69, 9.17) is 9.79 Å². The number of rotatable bonds is 3. The van der Waals surface area contributed by atoms with Gasteiger partial charge in [-0.25, -0.2) is 0 Å². The molecule has 0 aliphatic heterocycles. The molecule has 0 saturated heterocycles. The summed E-state index contributed by atoms with van der Waals surface area (Å²) in [6, 6.07) is 10.5. The zero-order chi connectivity index (χ0) is 13.2. The van der Waals surface area contributed by atoms with Crippen molar-refractivity contribution >= 4 is 54.2 Å². The molecule has 0 amide bonds. The van der Waals surface area contributed by atoms with Gasteiger partial charge in [-0.05, 0) is 18.2 Å². The fourth-order valence-electron chi connectivity index (χ4n) is 1.35. The van der Waals surface area contributed by atoms with Crippen molar-refractivity contribution < 1.29 is 14.4 Å². The van der Waals surface area contributed by atoms with Gasteiger partial charge >= 0.3 is 37.2 Å². The first-order chi connectivity index (χ1) is 8.47. The van der Waals surface area contributed by atoms with Crippen LogP contribution in [-0.2, 0) is 4.57 Å². The first-order valence-corrected chi connectivity index (χ1v) is 7.41. The van der Waals surface area contributed by atoms with Gasteiger partial charge in [0.15, 0.2) is 0 Å². The van der Waals surface area contributed by atoms with Crippen molar-refractivity contribution in [1.82, 2.24) is 4.98 Å². The van der Waals surface area contributed by atoms with Crippen molar-refractivity contribution in [3.05, 3.63) is 52.9 Å². The fourth-order valence-corrected chi connectivity index (χ4v) is 2.94. The number of pyridine rings is 1. The van der Waals surface area contributed by atoms with E-state index in [2.05, 4.69) is 4.98 Å². The average Bonchev–Trinajstić information content (AvgIpc) is 2.31. The van der Waals surface area contributed by atoms with Crippen molar-refractivity contribution in [1.29, 1.82) is 0 Å². The molecule has 0 bridgehead atoms. The molecule has 0 radical (unpaired) electrons. The van der Waals surface area contributed by atoms with Crippen LogP contribution in [0.2, 0.25) is 0 Å². The van der Waals surface area contributed by atoms with Crippen LogP contribution in [0.4, 0.5) is 0 Å². The molecule has 2 rings (SSSR count). The van der Waals surface area contributed by atoms with Crippen molar-refractivity contribution in [3.8, 4) is 0 Å². The van der Waals surface area contributed by atoms with Crippen LogP contribution in [-0.4, -0.2) is 44.3 Å². The Morgan fingerprint density at radius 1 is 1.11 bits per heavy atom. The Hall–Kier alpha value is -0.330. The average molecular weight is 307 g/mol. The molecule has 19 heavy (non-hydrogen) atoms. The third-order valence-corrected chi connectivity index (χ3v) is 4.09. The molecule has 1 heterocycles. The van der Waals surface area contributed by atoms with Crippen LogP contribution >= 0.6 is 19.4 Å². The van der Waals surface area contributed by atoms with E-state index in [9.17, 15) is 9.36 Å². The molecule has 96 valence electrons. The third kappa shape index (κ3) is 4.61. The summed E-state index contributed by atoms with van der Waals surface area (Å²) in [6.45, 7) is 0. The third-order valence-electron chi connectivity index (χ3n) is 2.15. The van der Waals surface area contributed by atoms with Crippen molar-refractivity contribution in [3.63, 3.8) is 0 Å². The van der Waals surface area contributed by atoms with Gasteiger partial charge in [-0.2, -0.15) is 0 Å². The monoisotopic (exact) mass is 307 g/mol. The Bertz CT molecular complexity index is 655. The van der Waals surface area contributed by atoms with E-state index in [0.29, 0.717) is 4.90 Å². The van der Waals surface area contributed by atoms with Gasteiger partial charge in [-0.1, -0.05) is 30.0 Å². The van der Waals surface area contributed by atoms with Gasteiger partial charge in [0.05, 0.1) is 0 Å². The van der Waals surface area contributed by atoms with Gasteiger partial charge in [0.25, 0.3) is 5.56 Å². The summed E-state index contributed by atoms with van der Waals surface area (Å²) in [5.74, 6) is 0. The maximum absolute atomic E-state index is 11.3. The normalized spacial score (nSPS) is 10.8. The Morgan fingerprint density at radius 2 is 1.74 bits per heavy atom. The molecule has 2 aromatic rings. The topological polar surface area (TPSA) is 90.4 Å². The first-order valence-electron chi connectivity index (χ1n) is 4.98. The number of hydrogen-bond donors (Lipinski definition) is 3.